The molecule has 3 N–H and O–H groups in total. The number of aromatic nitrogens is 1. The van der Waals surface area contributed by atoms with E-state index in [2.05, 4.69) is 0 Å². The van der Waals surface area contributed by atoms with E-state index in [1.807, 2.05) is 25.5 Å². The van der Waals surface area contributed by atoms with E-state index in [0.29, 0.717) is 11.8 Å². The summed E-state index contributed by atoms with van der Waals surface area (Å²) in [6, 6.07) is 3.21. The van der Waals surface area contributed by atoms with E-state index in [1.54, 1.807) is 6.07 Å². The van der Waals surface area contributed by atoms with Gasteiger partial charge < -0.3 is 15.4 Å². The van der Waals surface area contributed by atoms with Gasteiger partial charge >= 0.3 is 5.97 Å². The molecular formula is C16H21N3O4. The summed E-state index contributed by atoms with van der Waals surface area (Å²) in [5.74, 6) is -1.58. The third kappa shape index (κ3) is 2.92. The van der Waals surface area contributed by atoms with Crippen molar-refractivity contribution in [1.29, 1.82) is 0 Å². The summed E-state index contributed by atoms with van der Waals surface area (Å²) in [5.41, 5.74) is 8.79. The van der Waals surface area contributed by atoms with Crippen LogP contribution in [0.5, 0.6) is 0 Å². The fraction of sp³-hybridized carbons (Fsp3) is 0.438. The van der Waals surface area contributed by atoms with Crippen LogP contribution in [0.1, 0.15) is 23.2 Å². The number of nitro groups is 1. The van der Waals surface area contributed by atoms with Gasteiger partial charge in [0.2, 0.25) is 0 Å². The molecule has 0 aliphatic rings. The van der Waals surface area contributed by atoms with Crippen LogP contribution in [0.2, 0.25) is 0 Å². The molecule has 7 nitrogen and oxygen atoms in total. The number of nitrogens with zero attached hydrogens (tertiary/aromatic N) is 2. The van der Waals surface area contributed by atoms with E-state index in [4.69, 9.17) is 5.73 Å². The van der Waals surface area contributed by atoms with Crippen molar-refractivity contribution in [3.05, 3.63) is 39.1 Å². The SMILES string of the molecule is Cc1ccc([N+](=O)[O-])c2c(CC(CCN)C(=O)O)c(C)n(C)c12. The van der Waals surface area contributed by atoms with Gasteiger partial charge in [-0.15, -0.1) is 0 Å². The molecule has 0 amide bonds. The molecule has 124 valence electrons. The molecule has 1 aromatic heterocycles. The van der Waals surface area contributed by atoms with Gasteiger partial charge in [0.1, 0.15) is 0 Å². The molecule has 2 rings (SSSR count). The molecule has 23 heavy (non-hydrogen) atoms. The van der Waals surface area contributed by atoms with Crippen molar-refractivity contribution in [3.63, 3.8) is 0 Å². The van der Waals surface area contributed by atoms with Gasteiger partial charge in [-0.1, -0.05) is 6.07 Å². The molecule has 1 atom stereocenters. The Balaban J connectivity index is 2.72. The number of non-ortho nitro benzene ring substituents is 1. The normalized spacial score (nSPS) is 12.5. The second kappa shape index (κ2) is 6.37. The lowest BCUT2D eigenvalue weighted by Gasteiger charge is -2.11. The third-order valence-corrected chi connectivity index (χ3v) is 4.45. The molecule has 1 unspecified atom stereocenters. The van der Waals surface area contributed by atoms with Crippen molar-refractivity contribution in [3.8, 4) is 0 Å². The lowest BCUT2D eigenvalue weighted by atomic mass is 9.93. The minimum Gasteiger partial charge on any atom is -0.481 e. The second-order valence-electron chi connectivity index (χ2n) is 5.82. The molecule has 0 bridgehead atoms. The van der Waals surface area contributed by atoms with E-state index in [0.717, 1.165) is 22.3 Å². The first kappa shape index (κ1) is 17.0. The summed E-state index contributed by atoms with van der Waals surface area (Å²) < 4.78 is 1.90. The Hall–Kier alpha value is -2.41. The number of nitrogens with two attached hydrogens (primary N) is 1. The summed E-state index contributed by atoms with van der Waals surface area (Å²) in [6.45, 7) is 4.02. The summed E-state index contributed by atoms with van der Waals surface area (Å²) in [7, 11) is 1.84. The van der Waals surface area contributed by atoms with Crippen molar-refractivity contribution in [2.24, 2.45) is 18.7 Å². The number of hydrogen-bond acceptors (Lipinski definition) is 4. The van der Waals surface area contributed by atoms with Gasteiger partial charge in [-0.3, -0.25) is 14.9 Å². The van der Waals surface area contributed by atoms with Crippen LogP contribution in [0.25, 0.3) is 10.9 Å². The predicted molar refractivity (Wildman–Crippen MR) is 87.5 cm³/mol. The molecule has 0 saturated heterocycles. The summed E-state index contributed by atoms with van der Waals surface area (Å²) in [5, 5.41) is 21.3. The first-order valence-corrected chi connectivity index (χ1v) is 7.44. The molecule has 0 radical (unpaired) electrons. The number of nitro benzene ring substituents is 1. The molecule has 7 heteroatoms. The Morgan fingerprint density at radius 2 is 2.09 bits per heavy atom. The highest BCUT2D eigenvalue weighted by atomic mass is 16.6. The van der Waals surface area contributed by atoms with Gasteiger partial charge in [0.15, 0.2) is 0 Å². The average Bonchev–Trinajstić information content (AvgIpc) is 2.72. The monoisotopic (exact) mass is 319 g/mol. The van der Waals surface area contributed by atoms with E-state index in [9.17, 15) is 20.0 Å². The molecule has 2 aromatic rings. The Kier molecular flexibility index (Phi) is 4.70. The maximum atomic E-state index is 11.4. The fourth-order valence-electron chi connectivity index (χ4n) is 3.13. The van der Waals surface area contributed by atoms with E-state index < -0.39 is 16.8 Å². The first-order chi connectivity index (χ1) is 10.8. The topological polar surface area (TPSA) is 111 Å². The Morgan fingerprint density at radius 1 is 1.43 bits per heavy atom. The van der Waals surface area contributed by atoms with Crippen LogP contribution in [0.15, 0.2) is 12.1 Å². The van der Waals surface area contributed by atoms with Crippen LogP contribution >= 0.6 is 0 Å². The van der Waals surface area contributed by atoms with E-state index >= 15 is 0 Å². The summed E-state index contributed by atoms with van der Waals surface area (Å²) in [4.78, 5) is 22.4. The summed E-state index contributed by atoms with van der Waals surface area (Å²) >= 11 is 0. The standard InChI is InChI=1S/C16H21N3O4/c1-9-4-5-13(19(22)23)14-12(10(2)18(3)15(9)14)8-11(6-7-17)16(20)21/h4-5,11H,6-8,17H2,1-3H3,(H,20,21). The molecule has 0 saturated carbocycles. The van der Waals surface area contributed by atoms with Crippen LogP contribution in [0.4, 0.5) is 5.69 Å². The Bertz CT molecular complexity index is 779. The van der Waals surface area contributed by atoms with Gasteiger partial charge in [-0.05, 0) is 44.4 Å². The van der Waals surface area contributed by atoms with E-state index in [-0.39, 0.29) is 18.7 Å². The zero-order chi connectivity index (χ0) is 17.3. The first-order valence-electron chi connectivity index (χ1n) is 7.44. The molecule has 1 aromatic carbocycles. The van der Waals surface area contributed by atoms with Crippen molar-refractivity contribution in [1.82, 2.24) is 4.57 Å². The molecule has 0 aliphatic carbocycles. The zero-order valence-corrected chi connectivity index (χ0v) is 13.5. The third-order valence-electron chi connectivity index (χ3n) is 4.45. The minimum atomic E-state index is -0.929. The van der Waals surface area contributed by atoms with Gasteiger partial charge in [-0.2, -0.15) is 0 Å². The van der Waals surface area contributed by atoms with Gasteiger partial charge in [0.25, 0.3) is 5.69 Å². The number of hydrogen-bond donors (Lipinski definition) is 2. The van der Waals surface area contributed by atoms with Crippen LogP contribution < -0.4 is 5.73 Å². The number of carbonyl (C=O) groups is 1. The van der Waals surface area contributed by atoms with E-state index in [1.165, 1.54) is 6.07 Å². The van der Waals surface area contributed by atoms with Crippen LogP contribution in [-0.2, 0) is 18.3 Å². The van der Waals surface area contributed by atoms with Gasteiger partial charge in [0.05, 0.1) is 21.7 Å². The average molecular weight is 319 g/mol. The number of benzene rings is 1. The summed E-state index contributed by atoms with van der Waals surface area (Å²) in [6.07, 6.45) is 0.574. The maximum absolute atomic E-state index is 11.4. The Morgan fingerprint density at radius 3 is 2.61 bits per heavy atom. The lowest BCUT2D eigenvalue weighted by molar-refractivity contribution is -0.383. The fourth-order valence-corrected chi connectivity index (χ4v) is 3.13. The molecule has 1 heterocycles. The molecule has 0 fully saturated rings. The number of carboxylic acid groups (broad SMARTS) is 1. The minimum absolute atomic E-state index is 0.0150. The van der Waals surface area contributed by atoms with Crippen LogP contribution in [0, 0.1) is 29.9 Å². The van der Waals surface area contributed by atoms with Crippen LogP contribution in [0.3, 0.4) is 0 Å². The highest BCUT2D eigenvalue weighted by Gasteiger charge is 2.26. The van der Waals surface area contributed by atoms with Crippen molar-refractivity contribution < 1.29 is 14.8 Å². The number of carboxylic acids is 1. The number of aryl methyl sites for hydroxylation is 2. The highest BCUT2D eigenvalue weighted by molar-refractivity contribution is 5.96. The molecular weight excluding hydrogens is 298 g/mol. The quantitative estimate of drug-likeness (QED) is 0.627. The van der Waals surface area contributed by atoms with Gasteiger partial charge in [-0.25, -0.2) is 0 Å². The number of rotatable bonds is 6. The zero-order valence-electron chi connectivity index (χ0n) is 13.5. The smallest absolute Gasteiger partial charge is 0.306 e. The maximum Gasteiger partial charge on any atom is 0.306 e. The number of aliphatic carboxylic acids is 1. The van der Waals surface area contributed by atoms with Gasteiger partial charge in [0, 0.05) is 18.8 Å². The largest absolute Gasteiger partial charge is 0.481 e. The predicted octanol–water partition coefficient (Wildman–Crippen LogP) is 2.30. The molecule has 0 spiro atoms. The highest BCUT2D eigenvalue weighted by Crippen LogP contribution is 2.36. The lowest BCUT2D eigenvalue weighted by Crippen LogP contribution is -2.20. The van der Waals surface area contributed by atoms with Crippen molar-refractivity contribution in [2.75, 3.05) is 6.54 Å². The van der Waals surface area contributed by atoms with Crippen molar-refractivity contribution >= 4 is 22.6 Å². The van der Waals surface area contributed by atoms with Crippen LogP contribution in [-0.4, -0.2) is 27.1 Å². The second-order valence-corrected chi connectivity index (χ2v) is 5.82. The number of fused-ring (bicyclic) bond motifs is 1. The Labute approximate surface area is 133 Å². The van der Waals surface area contributed by atoms with Crippen molar-refractivity contribution in [2.45, 2.75) is 26.7 Å². The molecule has 0 aliphatic heterocycles.